The average Bonchev–Trinajstić information content (AvgIpc) is 3.14. The molecule has 6 heteroatoms. The first-order valence-corrected chi connectivity index (χ1v) is 13.2. The normalized spacial score (nSPS) is 29.1. The molecule has 2 aromatic rings. The highest BCUT2D eigenvalue weighted by molar-refractivity contribution is 9.12. The van der Waals surface area contributed by atoms with Gasteiger partial charge >= 0.3 is 0 Å². The van der Waals surface area contributed by atoms with Crippen molar-refractivity contribution in [3.8, 4) is 0 Å². The van der Waals surface area contributed by atoms with Gasteiger partial charge in [0.05, 0.1) is 4.83 Å². The van der Waals surface area contributed by atoms with Crippen LogP contribution in [0.3, 0.4) is 0 Å². The third kappa shape index (κ3) is 4.85. The lowest BCUT2D eigenvalue weighted by atomic mass is 10.1. The lowest BCUT2D eigenvalue weighted by molar-refractivity contribution is 0.0158. The van der Waals surface area contributed by atoms with Gasteiger partial charge in [-0.15, -0.1) is 11.8 Å². The maximum atomic E-state index is 7.03. The molecule has 2 aromatic carbocycles. The van der Waals surface area contributed by atoms with E-state index < -0.39 is 9.87 Å². The molecule has 1 aliphatic carbocycles. The van der Waals surface area contributed by atoms with E-state index >= 15 is 0 Å². The summed E-state index contributed by atoms with van der Waals surface area (Å²) in [6.45, 7) is 0. The third-order valence-electron chi connectivity index (χ3n) is 4.24. The van der Waals surface area contributed by atoms with Crippen molar-refractivity contribution >= 4 is 67.1 Å². The first-order chi connectivity index (χ1) is 13.6. The Hall–Kier alpha value is -0.370. The van der Waals surface area contributed by atoms with E-state index in [4.69, 9.17) is 4.74 Å². The Morgan fingerprint density at radius 3 is 2.21 bits per heavy atom. The van der Waals surface area contributed by atoms with Crippen LogP contribution in [0.5, 0.6) is 0 Å². The van der Waals surface area contributed by atoms with Crippen LogP contribution in [0.1, 0.15) is 0 Å². The summed E-state index contributed by atoms with van der Waals surface area (Å²) in [5.41, 5.74) is 0. The summed E-state index contributed by atoms with van der Waals surface area (Å²) >= 11 is 12.8. The van der Waals surface area contributed by atoms with Gasteiger partial charge in [-0.25, -0.2) is 0 Å². The van der Waals surface area contributed by atoms with Crippen molar-refractivity contribution in [1.82, 2.24) is 0 Å². The van der Waals surface area contributed by atoms with Gasteiger partial charge in [-0.05, 0) is 41.8 Å². The minimum absolute atomic E-state index is 0.0405. The topological polar surface area (TPSA) is 9.23 Å². The zero-order chi connectivity index (χ0) is 19.5. The standard InChI is InChI=1S/C22H18Br2OS3/c23-17-11-12-20(24)22(15-17,28-19-9-5-2-6-10-19)25-21(13-14-26-16-21)27-18-7-3-1-4-8-18/h1-15,20H,16H2. The summed E-state index contributed by atoms with van der Waals surface area (Å²) in [4.78, 5) is 1.41. The van der Waals surface area contributed by atoms with Crippen molar-refractivity contribution in [3.63, 3.8) is 0 Å². The molecule has 1 aliphatic heterocycles. The van der Waals surface area contributed by atoms with E-state index in [2.05, 4.69) is 110 Å². The largest absolute Gasteiger partial charge is 0.337 e. The Kier molecular flexibility index (Phi) is 6.85. The van der Waals surface area contributed by atoms with Gasteiger partial charge in [0.15, 0.2) is 4.93 Å². The molecule has 0 N–H and O–H groups in total. The van der Waals surface area contributed by atoms with E-state index in [1.54, 1.807) is 35.3 Å². The van der Waals surface area contributed by atoms with Gasteiger partial charge in [-0.1, -0.05) is 104 Å². The van der Waals surface area contributed by atoms with Crippen molar-refractivity contribution in [1.29, 1.82) is 0 Å². The Bertz CT molecular complexity index is 901. The number of hydrogen-bond donors (Lipinski definition) is 0. The molecule has 0 radical (unpaired) electrons. The van der Waals surface area contributed by atoms with E-state index in [0.717, 1.165) is 10.2 Å². The molecule has 0 fully saturated rings. The van der Waals surface area contributed by atoms with Crippen LogP contribution in [0, 0.1) is 0 Å². The van der Waals surface area contributed by atoms with Gasteiger partial charge in [0.25, 0.3) is 0 Å². The Labute approximate surface area is 195 Å². The molecule has 4 rings (SSSR count). The van der Waals surface area contributed by atoms with Crippen LogP contribution >= 0.6 is 67.1 Å². The molecule has 1 nitrogen and oxygen atoms in total. The molecule has 144 valence electrons. The summed E-state index contributed by atoms with van der Waals surface area (Å²) in [5, 5.41) is 2.15. The molecule has 0 saturated carbocycles. The third-order valence-corrected chi connectivity index (χ3v) is 9.62. The zero-order valence-corrected chi connectivity index (χ0v) is 20.5. The highest BCUT2D eigenvalue weighted by Gasteiger charge is 2.47. The number of benzene rings is 2. The van der Waals surface area contributed by atoms with E-state index in [0.29, 0.717) is 0 Å². The van der Waals surface area contributed by atoms with Crippen LogP contribution < -0.4 is 0 Å². The minimum atomic E-state index is -0.577. The van der Waals surface area contributed by atoms with Crippen molar-refractivity contribution < 1.29 is 4.74 Å². The van der Waals surface area contributed by atoms with Crippen LogP contribution in [-0.2, 0) is 4.74 Å². The molecular formula is C22H18Br2OS3. The molecular weight excluding hydrogens is 536 g/mol. The van der Waals surface area contributed by atoms with Crippen molar-refractivity contribution in [2.75, 3.05) is 5.75 Å². The molecule has 28 heavy (non-hydrogen) atoms. The smallest absolute Gasteiger partial charge is 0.156 e. The van der Waals surface area contributed by atoms with E-state index in [1.807, 2.05) is 12.1 Å². The monoisotopic (exact) mass is 552 g/mol. The van der Waals surface area contributed by atoms with Crippen LogP contribution in [0.25, 0.3) is 0 Å². The first kappa shape index (κ1) is 20.9. The van der Waals surface area contributed by atoms with Crippen molar-refractivity contribution in [2.45, 2.75) is 24.5 Å². The van der Waals surface area contributed by atoms with Gasteiger partial charge in [-0.3, -0.25) is 0 Å². The molecule has 0 spiro atoms. The van der Waals surface area contributed by atoms with Gasteiger partial charge in [0, 0.05) is 20.0 Å². The van der Waals surface area contributed by atoms with E-state index in [9.17, 15) is 0 Å². The number of thioether (sulfide) groups is 3. The van der Waals surface area contributed by atoms with E-state index in [-0.39, 0.29) is 4.83 Å². The average molecular weight is 554 g/mol. The number of hydrogen-bond acceptors (Lipinski definition) is 4. The van der Waals surface area contributed by atoms with Crippen molar-refractivity contribution in [2.24, 2.45) is 0 Å². The zero-order valence-electron chi connectivity index (χ0n) is 14.8. The lowest BCUT2D eigenvalue weighted by Gasteiger charge is -2.42. The fourth-order valence-electron chi connectivity index (χ4n) is 2.97. The number of allylic oxidation sites excluding steroid dienone is 2. The molecule has 1 heterocycles. The fourth-order valence-corrected chi connectivity index (χ4v) is 7.88. The molecule has 3 atom stereocenters. The fraction of sp³-hybridized carbons (Fsp3) is 0.182. The number of rotatable bonds is 6. The molecule has 0 bridgehead atoms. The first-order valence-electron chi connectivity index (χ1n) is 8.77. The molecule has 3 unspecified atom stereocenters. The maximum Gasteiger partial charge on any atom is 0.156 e. The number of halogens is 2. The van der Waals surface area contributed by atoms with Gasteiger partial charge in [0.2, 0.25) is 0 Å². The summed E-state index contributed by atoms with van der Waals surface area (Å²) in [6.07, 6.45) is 8.59. The number of alkyl halides is 1. The Morgan fingerprint density at radius 1 is 0.964 bits per heavy atom. The minimum Gasteiger partial charge on any atom is -0.337 e. The van der Waals surface area contributed by atoms with Crippen LogP contribution in [-0.4, -0.2) is 20.4 Å². The molecule has 0 amide bonds. The second kappa shape index (κ2) is 9.19. The van der Waals surface area contributed by atoms with Crippen LogP contribution in [0.2, 0.25) is 0 Å². The lowest BCUT2D eigenvalue weighted by Crippen LogP contribution is -2.45. The summed E-state index contributed by atoms with van der Waals surface area (Å²) < 4.78 is 8.06. The highest BCUT2D eigenvalue weighted by Crippen LogP contribution is 2.52. The Balaban J connectivity index is 1.70. The van der Waals surface area contributed by atoms with Crippen molar-refractivity contribution in [3.05, 3.63) is 94.9 Å². The van der Waals surface area contributed by atoms with E-state index in [1.165, 1.54) is 9.79 Å². The molecule has 2 aliphatic rings. The summed E-state index contributed by atoms with van der Waals surface area (Å²) in [7, 11) is 0. The second-order valence-electron chi connectivity index (χ2n) is 6.37. The second-order valence-corrected chi connectivity index (χ2v) is 11.8. The highest BCUT2D eigenvalue weighted by atomic mass is 79.9. The van der Waals surface area contributed by atoms with Crippen LogP contribution in [0.15, 0.2) is 105 Å². The molecule has 0 aromatic heterocycles. The van der Waals surface area contributed by atoms with Gasteiger partial charge in [0.1, 0.15) is 4.93 Å². The summed E-state index contributed by atoms with van der Waals surface area (Å²) in [5.74, 6) is 0.874. The molecule has 0 saturated heterocycles. The Morgan fingerprint density at radius 2 is 1.61 bits per heavy atom. The quantitative estimate of drug-likeness (QED) is 0.266. The maximum absolute atomic E-state index is 7.03. The summed E-state index contributed by atoms with van der Waals surface area (Å²) in [6, 6.07) is 20.9. The van der Waals surface area contributed by atoms with Gasteiger partial charge < -0.3 is 4.74 Å². The van der Waals surface area contributed by atoms with Crippen LogP contribution in [0.4, 0.5) is 0 Å². The predicted octanol–water partition coefficient (Wildman–Crippen LogP) is 7.85. The SMILES string of the molecule is BrC1=CC(OC2(Sc3ccccc3)C=CSC2)(Sc2ccccc2)C(Br)C=C1. The van der Waals surface area contributed by atoms with Gasteiger partial charge in [-0.2, -0.15) is 0 Å². The predicted molar refractivity (Wildman–Crippen MR) is 132 cm³/mol. The number of ether oxygens (including phenoxy) is 1.